The van der Waals surface area contributed by atoms with Gasteiger partial charge >= 0.3 is 0 Å². The molecule has 78 valence electrons. The van der Waals surface area contributed by atoms with Crippen LogP contribution in [0.2, 0.25) is 0 Å². The lowest BCUT2D eigenvalue weighted by molar-refractivity contribution is 0.454. The molecule has 14 heavy (non-hydrogen) atoms. The highest BCUT2D eigenvalue weighted by atomic mass is 32.1. The van der Waals surface area contributed by atoms with Crippen LogP contribution in [0, 0.1) is 0 Å². The van der Waals surface area contributed by atoms with Crippen LogP contribution in [-0.2, 0) is 6.42 Å². The van der Waals surface area contributed by atoms with Crippen molar-refractivity contribution in [2.75, 3.05) is 12.3 Å². The van der Waals surface area contributed by atoms with Crippen LogP contribution in [0.4, 0.5) is 5.13 Å². The summed E-state index contributed by atoms with van der Waals surface area (Å²) in [6.07, 6.45) is 4.80. The molecule has 1 atom stereocenters. The van der Waals surface area contributed by atoms with Gasteiger partial charge in [-0.15, -0.1) is 11.3 Å². The predicted octanol–water partition coefficient (Wildman–Crippen LogP) is 2.10. The Labute approximate surface area is 88.7 Å². The zero-order chi connectivity index (χ0) is 9.97. The van der Waals surface area contributed by atoms with Crippen molar-refractivity contribution in [3.8, 4) is 0 Å². The highest BCUT2D eigenvalue weighted by Gasteiger charge is 2.23. The molecule has 0 fully saturated rings. The Morgan fingerprint density at radius 1 is 1.64 bits per heavy atom. The summed E-state index contributed by atoms with van der Waals surface area (Å²) < 4.78 is 0. The first-order valence-corrected chi connectivity index (χ1v) is 6.11. The molecule has 0 aromatic carbocycles. The third-order valence-electron chi connectivity index (χ3n) is 2.61. The average molecular weight is 211 g/mol. The maximum Gasteiger partial charge on any atom is 0.180 e. The molecule has 3 N–H and O–H groups in total. The molecule has 0 unspecified atom stereocenters. The summed E-state index contributed by atoms with van der Waals surface area (Å²) in [4.78, 5) is 5.81. The highest BCUT2D eigenvalue weighted by molar-refractivity contribution is 7.15. The number of aromatic nitrogens is 1. The Morgan fingerprint density at radius 3 is 3.29 bits per heavy atom. The molecule has 0 radical (unpaired) electrons. The summed E-state index contributed by atoms with van der Waals surface area (Å²) in [6, 6.07) is 0.451. The van der Waals surface area contributed by atoms with Crippen molar-refractivity contribution >= 4 is 16.5 Å². The quantitative estimate of drug-likeness (QED) is 0.805. The van der Waals surface area contributed by atoms with E-state index < -0.39 is 0 Å². The number of aryl methyl sites for hydroxylation is 1. The molecule has 2 rings (SSSR count). The van der Waals surface area contributed by atoms with Crippen molar-refractivity contribution in [2.45, 2.75) is 38.6 Å². The normalized spacial score (nSPS) is 20.8. The summed E-state index contributed by atoms with van der Waals surface area (Å²) in [6.45, 7) is 3.26. The number of nitrogens with zero attached hydrogens (tertiary/aromatic N) is 1. The summed E-state index contributed by atoms with van der Waals surface area (Å²) >= 11 is 1.65. The van der Waals surface area contributed by atoms with Crippen molar-refractivity contribution in [1.29, 1.82) is 0 Å². The minimum Gasteiger partial charge on any atom is -0.375 e. The Kier molecular flexibility index (Phi) is 3.03. The van der Waals surface area contributed by atoms with Crippen LogP contribution < -0.4 is 11.1 Å². The molecule has 1 heterocycles. The van der Waals surface area contributed by atoms with Gasteiger partial charge in [0.1, 0.15) is 0 Å². The smallest absolute Gasteiger partial charge is 0.180 e. The molecule has 1 aromatic heterocycles. The summed E-state index contributed by atoms with van der Waals surface area (Å²) in [5.41, 5.74) is 6.94. The monoisotopic (exact) mass is 211 g/mol. The molecule has 0 spiro atoms. The Morgan fingerprint density at radius 2 is 2.50 bits per heavy atom. The van der Waals surface area contributed by atoms with Gasteiger partial charge in [0.15, 0.2) is 5.13 Å². The first-order valence-electron chi connectivity index (χ1n) is 5.29. The van der Waals surface area contributed by atoms with E-state index in [0.717, 1.165) is 18.1 Å². The van der Waals surface area contributed by atoms with E-state index in [1.165, 1.54) is 29.8 Å². The molecule has 3 nitrogen and oxygen atoms in total. The predicted molar refractivity (Wildman–Crippen MR) is 60.5 cm³/mol. The van der Waals surface area contributed by atoms with Gasteiger partial charge in [0.25, 0.3) is 0 Å². The van der Waals surface area contributed by atoms with E-state index in [1.54, 1.807) is 11.3 Å². The fourth-order valence-electron chi connectivity index (χ4n) is 1.95. The van der Waals surface area contributed by atoms with E-state index in [1.807, 2.05) is 0 Å². The molecular formula is C10H17N3S. The molecule has 0 amide bonds. The number of hydrogen-bond donors (Lipinski definition) is 2. The van der Waals surface area contributed by atoms with Gasteiger partial charge in [-0.2, -0.15) is 0 Å². The molecule has 1 aromatic rings. The number of nitrogens with two attached hydrogens (primary N) is 1. The van der Waals surface area contributed by atoms with E-state index in [9.17, 15) is 0 Å². The molecule has 0 saturated carbocycles. The maximum absolute atomic E-state index is 5.73. The molecule has 0 aliphatic heterocycles. The van der Waals surface area contributed by atoms with Crippen LogP contribution in [0.5, 0.6) is 0 Å². The molecule has 1 aliphatic carbocycles. The minimum absolute atomic E-state index is 0.451. The van der Waals surface area contributed by atoms with Crippen molar-refractivity contribution in [2.24, 2.45) is 0 Å². The van der Waals surface area contributed by atoms with Crippen molar-refractivity contribution in [1.82, 2.24) is 10.3 Å². The van der Waals surface area contributed by atoms with E-state index in [-0.39, 0.29) is 0 Å². The van der Waals surface area contributed by atoms with Crippen LogP contribution in [0.3, 0.4) is 0 Å². The summed E-state index contributed by atoms with van der Waals surface area (Å²) in [7, 11) is 0. The molecule has 0 saturated heterocycles. The molecule has 0 bridgehead atoms. The Hall–Kier alpha value is -0.610. The first kappa shape index (κ1) is 9.93. The molecule has 1 aliphatic rings. The number of anilines is 1. The second kappa shape index (κ2) is 4.28. The SMILES string of the molecule is CCCN[C@H]1CCCc2sc(N)nc21. The third kappa shape index (κ3) is 1.91. The molecular weight excluding hydrogens is 194 g/mol. The largest absolute Gasteiger partial charge is 0.375 e. The number of rotatable bonds is 3. The standard InChI is InChI=1S/C10H17N3S/c1-2-6-12-7-4-3-5-8-9(7)13-10(11)14-8/h7,12H,2-6H2,1H3,(H2,11,13)/t7-/m0/s1. The van der Waals surface area contributed by atoms with E-state index in [0.29, 0.717) is 6.04 Å². The van der Waals surface area contributed by atoms with Crippen LogP contribution >= 0.6 is 11.3 Å². The average Bonchev–Trinajstić information content (AvgIpc) is 2.55. The van der Waals surface area contributed by atoms with Gasteiger partial charge in [0.05, 0.1) is 11.7 Å². The van der Waals surface area contributed by atoms with Gasteiger partial charge in [-0.25, -0.2) is 4.98 Å². The van der Waals surface area contributed by atoms with Crippen LogP contribution in [0.1, 0.15) is 42.8 Å². The molecule has 4 heteroatoms. The van der Waals surface area contributed by atoms with Gasteiger partial charge in [-0.3, -0.25) is 0 Å². The number of fused-ring (bicyclic) bond motifs is 1. The van der Waals surface area contributed by atoms with E-state index in [2.05, 4.69) is 17.2 Å². The topological polar surface area (TPSA) is 50.9 Å². The lowest BCUT2D eigenvalue weighted by atomic mass is 9.97. The number of hydrogen-bond acceptors (Lipinski definition) is 4. The Bertz CT molecular complexity index is 308. The number of nitrogen functional groups attached to an aromatic ring is 1. The zero-order valence-electron chi connectivity index (χ0n) is 8.55. The highest BCUT2D eigenvalue weighted by Crippen LogP contribution is 2.33. The van der Waals surface area contributed by atoms with Crippen LogP contribution in [0.25, 0.3) is 0 Å². The van der Waals surface area contributed by atoms with Crippen LogP contribution in [-0.4, -0.2) is 11.5 Å². The van der Waals surface area contributed by atoms with E-state index in [4.69, 9.17) is 5.73 Å². The van der Waals surface area contributed by atoms with Gasteiger partial charge in [0, 0.05) is 4.88 Å². The van der Waals surface area contributed by atoms with Crippen molar-refractivity contribution < 1.29 is 0 Å². The van der Waals surface area contributed by atoms with Gasteiger partial charge in [-0.1, -0.05) is 6.92 Å². The number of thiazole rings is 1. The third-order valence-corrected chi connectivity index (χ3v) is 3.57. The van der Waals surface area contributed by atoms with Gasteiger partial charge < -0.3 is 11.1 Å². The summed E-state index contributed by atoms with van der Waals surface area (Å²) in [5, 5.41) is 4.25. The van der Waals surface area contributed by atoms with Gasteiger partial charge in [-0.05, 0) is 32.2 Å². The maximum atomic E-state index is 5.73. The number of nitrogens with one attached hydrogen (secondary N) is 1. The lowest BCUT2D eigenvalue weighted by Crippen LogP contribution is -2.25. The second-order valence-corrected chi connectivity index (χ2v) is 4.87. The fourth-order valence-corrected chi connectivity index (χ4v) is 2.89. The second-order valence-electron chi connectivity index (χ2n) is 3.76. The van der Waals surface area contributed by atoms with Crippen LogP contribution in [0.15, 0.2) is 0 Å². The lowest BCUT2D eigenvalue weighted by Gasteiger charge is -2.21. The zero-order valence-corrected chi connectivity index (χ0v) is 9.36. The van der Waals surface area contributed by atoms with Crippen molar-refractivity contribution in [3.63, 3.8) is 0 Å². The van der Waals surface area contributed by atoms with E-state index >= 15 is 0 Å². The summed E-state index contributed by atoms with van der Waals surface area (Å²) in [5.74, 6) is 0. The van der Waals surface area contributed by atoms with Crippen molar-refractivity contribution in [3.05, 3.63) is 10.6 Å². The van der Waals surface area contributed by atoms with Gasteiger partial charge in [0.2, 0.25) is 0 Å². The minimum atomic E-state index is 0.451. The first-order chi connectivity index (χ1) is 6.81. The Balaban J connectivity index is 2.13. The fraction of sp³-hybridized carbons (Fsp3) is 0.700.